The first-order valence-electron chi connectivity index (χ1n) is 9.13. The summed E-state index contributed by atoms with van der Waals surface area (Å²) in [5, 5.41) is 2.44. The highest BCUT2D eigenvalue weighted by Gasteiger charge is 2.23. The van der Waals surface area contributed by atoms with Crippen LogP contribution >= 0.6 is 0 Å². The van der Waals surface area contributed by atoms with Crippen LogP contribution in [0.2, 0.25) is 0 Å². The zero-order valence-electron chi connectivity index (χ0n) is 15.5. The lowest BCUT2D eigenvalue weighted by atomic mass is 9.81. The third-order valence-corrected chi connectivity index (χ3v) is 5.03. The maximum Gasteiger partial charge on any atom is 0.263 e. The first kappa shape index (κ1) is 19.0. The predicted octanol–water partition coefficient (Wildman–Crippen LogP) is 3.08. The zero-order chi connectivity index (χ0) is 19.6. The van der Waals surface area contributed by atoms with Crippen molar-refractivity contribution >= 4 is 11.7 Å². The molecule has 0 saturated heterocycles. The number of amides is 1. The largest absolute Gasteiger partial charge is 0.355 e. The van der Waals surface area contributed by atoms with Crippen LogP contribution in [0.5, 0.6) is 0 Å². The van der Waals surface area contributed by atoms with Gasteiger partial charge in [0.15, 0.2) is 5.78 Å². The summed E-state index contributed by atoms with van der Waals surface area (Å²) in [6, 6.07) is 5.90. The first-order chi connectivity index (χ1) is 12.9. The number of pyridine rings is 1. The number of hydrogen-bond donors (Lipinski definition) is 1. The fraction of sp³-hybridized carbons (Fsp3) is 0.381. The highest BCUT2D eigenvalue weighted by Crippen LogP contribution is 2.30. The van der Waals surface area contributed by atoms with Crippen LogP contribution < -0.4 is 10.9 Å². The number of carbonyl (C=O) groups excluding carboxylic acids is 2. The van der Waals surface area contributed by atoms with E-state index in [1.54, 1.807) is 13.0 Å². The van der Waals surface area contributed by atoms with Gasteiger partial charge >= 0.3 is 0 Å². The zero-order valence-corrected chi connectivity index (χ0v) is 15.5. The van der Waals surface area contributed by atoms with E-state index in [-0.39, 0.29) is 23.7 Å². The molecule has 142 valence electrons. The van der Waals surface area contributed by atoms with E-state index in [0.717, 1.165) is 24.8 Å². The number of hydrogen-bond acceptors (Lipinski definition) is 3. The van der Waals surface area contributed by atoms with Gasteiger partial charge in [0.25, 0.3) is 11.5 Å². The standard InChI is InChI=1S/C21H23FN2O3/c1-13-6-15(8-17(22)7-13)11-24-12-16(19(25)9-14-4-3-5-14)10-18(21(24)27)20(26)23-2/h6-8,10,12,14H,3-5,9,11H2,1-2H3,(H,23,26). The molecule has 0 bridgehead atoms. The maximum atomic E-state index is 13.7. The second-order valence-electron chi connectivity index (χ2n) is 7.22. The fourth-order valence-corrected chi connectivity index (χ4v) is 3.38. The van der Waals surface area contributed by atoms with Gasteiger partial charge in [-0.15, -0.1) is 0 Å². The van der Waals surface area contributed by atoms with Crippen molar-refractivity contribution in [1.29, 1.82) is 0 Å². The minimum Gasteiger partial charge on any atom is -0.355 e. The van der Waals surface area contributed by atoms with Crippen molar-refractivity contribution < 1.29 is 14.0 Å². The molecule has 1 N–H and O–H groups in total. The molecule has 1 fully saturated rings. The van der Waals surface area contributed by atoms with Gasteiger partial charge in [0, 0.05) is 25.2 Å². The lowest BCUT2D eigenvalue weighted by Crippen LogP contribution is -2.32. The number of rotatable bonds is 6. The molecule has 3 rings (SSSR count). The molecule has 1 aromatic carbocycles. The highest BCUT2D eigenvalue weighted by molar-refractivity contribution is 6.00. The van der Waals surface area contributed by atoms with Crippen molar-refractivity contribution in [2.24, 2.45) is 5.92 Å². The Labute approximate surface area is 157 Å². The number of halogens is 1. The van der Waals surface area contributed by atoms with E-state index in [9.17, 15) is 18.8 Å². The molecule has 6 heteroatoms. The second kappa shape index (κ2) is 7.86. The Kier molecular flexibility index (Phi) is 5.54. The minimum atomic E-state index is -0.539. The predicted molar refractivity (Wildman–Crippen MR) is 101 cm³/mol. The molecule has 2 aromatic rings. The quantitative estimate of drug-likeness (QED) is 0.795. The fourth-order valence-electron chi connectivity index (χ4n) is 3.38. The summed E-state index contributed by atoms with van der Waals surface area (Å²) < 4.78 is 15.0. The molecule has 0 aliphatic heterocycles. The number of ketones is 1. The molecule has 1 aliphatic rings. The van der Waals surface area contributed by atoms with Crippen LogP contribution in [0.4, 0.5) is 4.39 Å². The third kappa shape index (κ3) is 4.32. The molecule has 1 heterocycles. The van der Waals surface area contributed by atoms with Crippen molar-refractivity contribution in [2.45, 2.75) is 39.2 Å². The normalized spacial score (nSPS) is 13.9. The topological polar surface area (TPSA) is 68.2 Å². The number of carbonyl (C=O) groups is 2. The van der Waals surface area contributed by atoms with Crippen molar-refractivity contribution in [1.82, 2.24) is 9.88 Å². The SMILES string of the molecule is CNC(=O)c1cc(C(=O)CC2CCC2)cn(Cc2cc(C)cc(F)c2)c1=O. The van der Waals surface area contributed by atoms with Crippen molar-refractivity contribution in [3.63, 3.8) is 0 Å². The average molecular weight is 370 g/mol. The molecule has 5 nitrogen and oxygen atoms in total. The first-order valence-corrected chi connectivity index (χ1v) is 9.13. The van der Waals surface area contributed by atoms with Crippen LogP contribution in [-0.4, -0.2) is 23.3 Å². The summed E-state index contributed by atoms with van der Waals surface area (Å²) >= 11 is 0. The lowest BCUT2D eigenvalue weighted by molar-refractivity contribution is 0.0935. The van der Waals surface area contributed by atoms with Gasteiger partial charge < -0.3 is 9.88 Å². The van der Waals surface area contributed by atoms with Crippen molar-refractivity contribution in [3.05, 3.63) is 68.9 Å². The molecule has 1 saturated carbocycles. The highest BCUT2D eigenvalue weighted by atomic mass is 19.1. The smallest absolute Gasteiger partial charge is 0.263 e. The number of nitrogens with zero attached hydrogens (tertiary/aromatic N) is 1. The van der Waals surface area contributed by atoms with E-state index >= 15 is 0 Å². The van der Waals surface area contributed by atoms with Gasteiger partial charge in [0.1, 0.15) is 11.4 Å². The van der Waals surface area contributed by atoms with Crippen LogP contribution in [0.3, 0.4) is 0 Å². The molecule has 0 radical (unpaired) electrons. The maximum absolute atomic E-state index is 13.7. The van der Waals surface area contributed by atoms with Gasteiger partial charge in [-0.25, -0.2) is 4.39 Å². The van der Waals surface area contributed by atoms with Crippen molar-refractivity contribution in [2.75, 3.05) is 7.05 Å². The average Bonchev–Trinajstić information content (AvgIpc) is 2.58. The summed E-state index contributed by atoms with van der Waals surface area (Å²) in [5.41, 5.74) is 1.10. The lowest BCUT2D eigenvalue weighted by Gasteiger charge is -2.24. The molecular formula is C21H23FN2O3. The van der Waals surface area contributed by atoms with Crippen LogP contribution in [0.15, 0.2) is 35.3 Å². The molecule has 0 spiro atoms. The van der Waals surface area contributed by atoms with Crippen molar-refractivity contribution in [3.8, 4) is 0 Å². The Morgan fingerprint density at radius 3 is 2.56 bits per heavy atom. The third-order valence-electron chi connectivity index (χ3n) is 5.03. The molecule has 1 amide bonds. The van der Waals surface area contributed by atoms with E-state index < -0.39 is 11.5 Å². The number of benzene rings is 1. The van der Waals surface area contributed by atoms with Gasteiger partial charge in [-0.3, -0.25) is 14.4 Å². The summed E-state index contributed by atoms with van der Waals surface area (Å²) in [7, 11) is 1.44. The van der Waals surface area contributed by atoms with Crippen LogP contribution in [0.25, 0.3) is 0 Å². The Balaban J connectivity index is 1.99. The van der Waals surface area contributed by atoms with E-state index in [4.69, 9.17) is 0 Å². The number of Topliss-reactive ketones (excluding diaryl/α,β-unsaturated/α-hetero) is 1. The number of aryl methyl sites for hydroxylation is 1. The molecule has 1 aliphatic carbocycles. The van der Waals surface area contributed by atoms with Crippen LogP contribution in [0, 0.1) is 18.7 Å². The van der Waals surface area contributed by atoms with Gasteiger partial charge in [0.2, 0.25) is 0 Å². The Bertz CT molecular complexity index is 925. The van der Waals surface area contributed by atoms with E-state index in [1.165, 1.54) is 36.0 Å². The number of aromatic nitrogens is 1. The summed E-state index contributed by atoms with van der Waals surface area (Å²) in [4.78, 5) is 37.4. The monoisotopic (exact) mass is 370 g/mol. The van der Waals surface area contributed by atoms with E-state index in [0.29, 0.717) is 23.5 Å². The minimum absolute atomic E-state index is 0.0750. The second-order valence-corrected chi connectivity index (χ2v) is 7.22. The molecule has 1 aromatic heterocycles. The molecule has 27 heavy (non-hydrogen) atoms. The van der Waals surface area contributed by atoms with E-state index in [1.807, 2.05) is 0 Å². The van der Waals surface area contributed by atoms with Gasteiger partial charge in [-0.05, 0) is 42.2 Å². The summed E-state index contributed by atoms with van der Waals surface area (Å²) in [6.07, 6.45) is 5.12. The van der Waals surface area contributed by atoms with Gasteiger partial charge in [-0.1, -0.05) is 25.3 Å². The van der Waals surface area contributed by atoms with Gasteiger partial charge in [-0.2, -0.15) is 0 Å². The number of nitrogens with one attached hydrogen (secondary N) is 1. The Morgan fingerprint density at radius 2 is 1.96 bits per heavy atom. The van der Waals surface area contributed by atoms with Crippen LogP contribution in [-0.2, 0) is 6.54 Å². The Hall–Kier alpha value is -2.76. The summed E-state index contributed by atoms with van der Waals surface area (Å²) in [5.74, 6) is -0.620. The Morgan fingerprint density at radius 1 is 1.22 bits per heavy atom. The molecule has 0 atom stereocenters. The van der Waals surface area contributed by atoms with Gasteiger partial charge in [0.05, 0.1) is 6.54 Å². The van der Waals surface area contributed by atoms with Crippen LogP contribution in [0.1, 0.15) is 57.5 Å². The van der Waals surface area contributed by atoms with E-state index in [2.05, 4.69) is 5.32 Å². The molecular weight excluding hydrogens is 347 g/mol. The summed E-state index contributed by atoms with van der Waals surface area (Å²) in [6.45, 7) is 1.86. The molecule has 0 unspecified atom stereocenters.